The summed E-state index contributed by atoms with van der Waals surface area (Å²) in [7, 11) is -3.66. The Kier molecular flexibility index (Phi) is 7.80. The molecule has 8 heteroatoms. The average molecular weight is 449 g/mol. The van der Waals surface area contributed by atoms with Crippen molar-refractivity contribution in [3.05, 3.63) is 54.1 Å². The van der Waals surface area contributed by atoms with Gasteiger partial charge in [-0.3, -0.25) is 4.79 Å². The maximum Gasteiger partial charge on any atom is 0.246 e. The number of hydrogen-bond donors (Lipinski definition) is 1. The molecule has 0 spiro atoms. The summed E-state index contributed by atoms with van der Waals surface area (Å²) in [6.45, 7) is 5.05. The van der Waals surface area contributed by atoms with Crippen molar-refractivity contribution in [1.82, 2.24) is 4.31 Å². The van der Waals surface area contributed by atoms with Crippen LogP contribution in [0.25, 0.3) is 0 Å². The number of carbonyl (C=O) groups is 1. The molecule has 1 unspecified atom stereocenters. The number of hydrogen-bond acceptors (Lipinski definition) is 5. The van der Waals surface area contributed by atoms with E-state index in [1.807, 2.05) is 44.2 Å². The molecule has 2 aromatic rings. The van der Waals surface area contributed by atoms with Crippen LogP contribution in [0.15, 0.2) is 53.4 Å². The van der Waals surface area contributed by atoms with E-state index in [1.165, 1.54) is 22.1 Å². The second kappa shape index (κ2) is 10.3. The van der Waals surface area contributed by atoms with Crippen LogP contribution in [-0.4, -0.2) is 43.6 Å². The quantitative estimate of drug-likeness (QED) is 0.624. The van der Waals surface area contributed by atoms with Crippen LogP contribution in [0.3, 0.4) is 0 Å². The fourth-order valence-corrected chi connectivity index (χ4v) is 5.76. The van der Waals surface area contributed by atoms with Gasteiger partial charge in [0, 0.05) is 24.5 Å². The van der Waals surface area contributed by atoms with E-state index in [2.05, 4.69) is 5.32 Å². The smallest absolute Gasteiger partial charge is 0.246 e. The summed E-state index contributed by atoms with van der Waals surface area (Å²) in [5.74, 6) is 0.881. The Morgan fingerprint density at radius 3 is 2.53 bits per heavy atom. The largest absolute Gasteiger partial charge is 0.492 e. The molecule has 1 heterocycles. The average Bonchev–Trinajstić information content (AvgIpc) is 3.30. The van der Waals surface area contributed by atoms with E-state index in [0.29, 0.717) is 31.1 Å². The first-order valence-electron chi connectivity index (χ1n) is 10.1. The van der Waals surface area contributed by atoms with E-state index >= 15 is 0 Å². The molecule has 1 aliphatic rings. The van der Waals surface area contributed by atoms with Gasteiger partial charge in [0.2, 0.25) is 15.9 Å². The minimum absolute atomic E-state index is 0.105. The molecule has 3 rings (SSSR count). The van der Waals surface area contributed by atoms with Gasteiger partial charge in [0.05, 0.1) is 11.9 Å². The minimum Gasteiger partial charge on any atom is -0.492 e. The van der Waals surface area contributed by atoms with Gasteiger partial charge >= 0.3 is 0 Å². The van der Waals surface area contributed by atoms with Gasteiger partial charge in [0.1, 0.15) is 10.6 Å². The summed E-state index contributed by atoms with van der Waals surface area (Å²) >= 11 is 1.54. The van der Waals surface area contributed by atoms with Gasteiger partial charge in [-0.25, -0.2) is 8.42 Å². The van der Waals surface area contributed by atoms with Gasteiger partial charge in [-0.2, -0.15) is 4.31 Å². The van der Waals surface area contributed by atoms with E-state index in [9.17, 15) is 13.2 Å². The maximum atomic E-state index is 13.1. The van der Waals surface area contributed by atoms with Crippen molar-refractivity contribution < 1.29 is 17.9 Å². The highest BCUT2D eigenvalue weighted by atomic mass is 32.2. The lowest BCUT2D eigenvalue weighted by molar-refractivity contribution is -0.115. The molecule has 0 bridgehead atoms. The second-order valence-electron chi connectivity index (χ2n) is 7.13. The zero-order chi connectivity index (χ0) is 21.6. The molecular weight excluding hydrogens is 420 g/mol. The van der Waals surface area contributed by atoms with Gasteiger partial charge in [0.25, 0.3) is 0 Å². The molecule has 1 saturated heterocycles. The third-order valence-electron chi connectivity index (χ3n) is 4.91. The van der Waals surface area contributed by atoms with Crippen molar-refractivity contribution in [3.8, 4) is 5.75 Å². The number of benzene rings is 2. The van der Waals surface area contributed by atoms with Crippen molar-refractivity contribution in [3.63, 3.8) is 0 Å². The van der Waals surface area contributed by atoms with Gasteiger partial charge in [0.15, 0.2) is 0 Å². The Morgan fingerprint density at radius 1 is 1.17 bits per heavy atom. The highest BCUT2D eigenvalue weighted by Crippen LogP contribution is 2.32. The monoisotopic (exact) mass is 448 g/mol. The summed E-state index contributed by atoms with van der Waals surface area (Å²) in [5.41, 5.74) is 1.61. The Hall–Kier alpha value is -2.03. The van der Waals surface area contributed by atoms with Crippen molar-refractivity contribution in [2.75, 3.05) is 25.0 Å². The first-order chi connectivity index (χ1) is 14.4. The normalized spacial score (nSPS) is 15.7. The van der Waals surface area contributed by atoms with E-state index in [-0.39, 0.29) is 16.1 Å². The first kappa shape index (κ1) is 22.7. The number of carbonyl (C=O) groups excluding carboxylic acids is 1. The maximum absolute atomic E-state index is 13.1. The summed E-state index contributed by atoms with van der Waals surface area (Å²) in [6.07, 6.45) is 1.71. The number of nitrogens with one attached hydrogen (secondary N) is 1. The number of ether oxygens (including phenoxy) is 1. The fourth-order valence-electron chi connectivity index (χ4n) is 3.24. The van der Waals surface area contributed by atoms with Gasteiger partial charge in [-0.15, -0.1) is 11.8 Å². The van der Waals surface area contributed by atoms with Crippen LogP contribution in [0.5, 0.6) is 5.75 Å². The summed E-state index contributed by atoms with van der Waals surface area (Å²) in [6, 6.07) is 14.8. The van der Waals surface area contributed by atoms with Crippen LogP contribution in [0, 0.1) is 0 Å². The van der Waals surface area contributed by atoms with Crippen LogP contribution in [-0.2, 0) is 20.6 Å². The lowest BCUT2D eigenvalue weighted by Crippen LogP contribution is -2.28. The van der Waals surface area contributed by atoms with E-state index in [1.54, 1.807) is 12.1 Å². The highest BCUT2D eigenvalue weighted by Gasteiger charge is 2.30. The summed E-state index contributed by atoms with van der Waals surface area (Å²) in [4.78, 5) is 12.7. The predicted molar refractivity (Wildman–Crippen MR) is 121 cm³/mol. The van der Waals surface area contributed by atoms with Gasteiger partial charge in [-0.1, -0.05) is 30.3 Å². The third-order valence-corrected chi connectivity index (χ3v) is 8.04. The number of anilines is 1. The number of rotatable bonds is 9. The fraction of sp³-hybridized carbons (Fsp3) is 0.409. The van der Waals surface area contributed by atoms with Gasteiger partial charge < -0.3 is 10.1 Å². The Balaban J connectivity index is 1.73. The lowest BCUT2D eigenvalue weighted by atomic mass is 10.2. The summed E-state index contributed by atoms with van der Waals surface area (Å²) in [5, 5.41) is 2.57. The molecule has 2 aromatic carbocycles. The van der Waals surface area contributed by atoms with Crippen molar-refractivity contribution in [1.29, 1.82) is 0 Å². The number of amides is 1. The lowest BCUT2D eigenvalue weighted by Gasteiger charge is -2.19. The second-order valence-corrected chi connectivity index (χ2v) is 10.4. The van der Waals surface area contributed by atoms with E-state index in [0.717, 1.165) is 24.2 Å². The van der Waals surface area contributed by atoms with Crippen LogP contribution in [0.2, 0.25) is 0 Å². The number of thioether (sulfide) groups is 1. The van der Waals surface area contributed by atoms with Crippen LogP contribution >= 0.6 is 11.8 Å². The molecular formula is C22H28N2O4S2. The molecule has 0 aliphatic carbocycles. The Labute approximate surface area is 183 Å². The Bertz CT molecular complexity index is 958. The molecule has 1 fully saturated rings. The molecule has 1 amide bonds. The molecule has 0 radical (unpaired) electrons. The van der Waals surface area contributed by atoms with Crippen LogP contribution in [0.4, 0.5) is 5.69 Å². The molecule has 1 aliphatic heterocycles. The van der Waals surface area contributed by atoms with Crippen molar-refractivity contribution >= 4 is 33.4 Å². The highest BCUT2D eigenvalue weighted by molar-refractivity contribution is 7.99. The zero-order valence-corrected chi connectivity index (χ0v) is 19.0. The number of nitrogens with zero attached hydrogens (tertiary/aromatic N) is 1. The van der Waals surface area contributed by atoms with E-state index in [4.69, 9.17) is 4.74 Å². The molecule has 0 aromatic heterocycles. The minimum atomic E-state index is -3.66. The molecule has 162 valence electrons. The molecule has 1 atom stereocenters. The standard InChI is InChI=1S/C22H28N2O4S2/c1-3-28-20-12-11-19(15-21(20)30(26,27)24-13-7-8-14-24)23-22(25)17(2)29-16-18-9-5-4-6-10-18/h4-6,9-12,15,17H,3,7-8,13-14,16H2,1-2H3,(H,23,25). The summed E-state index contributed by atoms with van der Waals surface area (Å²) < 4.78 is 33.2. The SMILES string of the molecule is CCOc1ccc(NC(=O)C(C)SCc2ccccc2)cc1S(=O)(=O)N1CCCC1. The Morgan fingerprint density at radius 2 is 1.87 bits per heavy atom. The third kappa shape index (κ3) is 5.56. The molecule has 1 N–H and O–H groups in total. The van der Waals surface area contributed by atoms with Crippen molar-refractivity contribution in [2.24, 2.45) is 0 Å². The van der Waals surface area contributed by atoms with E-state index < -0.39 is 10.0 Å². The van der Waals surface area contributed by atoms with Crippen LogP contribution < -0.4 is 10.1 Å². The van der Waals surface area contributed by atoms with Crippen LogP contribution in [0.1, 0.15) is 32.3 Å². The predicted octanol–water partition coefficient (Wildman–Crippen LogP) is 4.13. The molecule has 30 heavy (non-hydrogen) atoms. The number of sulfonamides is 1. The zero-order valence-electron chi connectivity index (χ0n) is 17.3. The molecule has 0 saturated carbocycles. The topological polar surface area (TPSA) is 75.7 Å². The van der Waals surface area contributed by atoms with Crippen molar-refractivity contribution in [2.45, 2.75) is 42.6 Å². The van der Waals surface area contributed by atoms with Gasteiger partial charge in [-0.05, 0) is 50.5 Å². The molecule has 6 nitrogen and oxygen atoms in total. The first-order valence-corrected chi connectivity index (χ1v) is 12.6.